The summed E-state index contributed by atoms with van der Waals surface area (Å²) in [6, 6.07) is 20.3. The molecule has 3 rings (SSSR count). The molecule has 0 fully saturated rings. The van der Waals surface area contributed by atoms with Gasteiger partial charge in [0.25, 0.3) is 0 Å². The molecule has 4 nitrogen and oxygen atoms in total. The fourth-order valence-corrected chi connectivity index (χ4v) is 2.58. The number of benzene rings is 3. The smallest absolute Gasteiger partial charge is 0.411 e. The number of hydrogen-bond donors (Lipinski definition) is 1. The van der Waals surface area contributed by atoms with Crippen LogP contribution in [0.25, 0.3) is 11.1 Å². The Balaban J connectivity index is 1.66. The summed E-state index contributed by atoms with van der Waals surface area (Å²) in [7, 11) is 0. The second-order valence-electron chi connectivity index (χ2n) is 6.01. The van der Waals surface area contributed by atoms with Crippen molar-refractivity contribution in [2.24, 2.45) is 0 Å². The summed E-state index contributed by atoms with van der Waals surface area (Å²) in [5, 5.41) is 2.63. The summed E-state index contributed by atoms with van der Waals surface area (Å²) in [6.45, 7) is 1.61. The van der Waals surface area contributed by atoms with Crippen LogP contribution >= 0.6 is 0 Å². The topological polar surface area (TPSA) is 55.4 Å². The zero-order valence-corrected chi connectivity index (χ0v) is 14.7. The minimum Gasteiger partial charge on any atom is -0.444 e. The van der Waals surface area contributed by atoms with Crippen LogP contribution in [0, 0.1) is 5.82 Å². The van der Waals surface area contributed by atoms with Gasteiger partial charge in [-0.25, -0.2) is 9.18 Å². The third-order valence-electron chi connectivity index (χ3n) is 4.03. The minimum absolute atomic E-state index is 0.129. The summed E-state index contributed by atoms with van der Waals surface area (Å²) < 4.78 is 19.3. The van der Waals surface area contributed by atoms with Crippen molar-refractivity contribution in [1.29, 1.82) is 0 Å². The molecule has 1 amide bonds. The average Bonchev–Trinajstić information content (AvgIpc) is 2.68. The van der Waals surface area contributed by atoms with E-state index in [-0.39, 0.29) is 12.4 Å². The van der Waals surface area contributed by atoms with Gasteiger partial charge in [0.1, 0.15) is 12.4 Å². The minimum atomic E-state index is -0.573. The first kappa shape index (κ1) is 18.3. The van der Waals surface area contributed by atoms with Crippen LogP contribution in [0.5, 0.6) is 0 Å². The van der Waals surface area contributed by atoms with Gasteiger partial charge in [-0.2, -0.15) is 0 Å². The number of rotatable bonds is 5. The molecule has 0 spiro atoms. The van der Waals surface area contributed by atoms with Gasteiger partial charge in [-0.15, -0.1) is 0 Å². The fourth-order valence-electron chi connectivity index (χ4n) is 2.58. The van der Waals surface area contributed by atoms with Crippen LogP contribution in [0.3, 0.4) is 0 Å². The molecule has 0 unspecified atom stereocenters. The van der Waals surface area contributed by atoms with Crippen LogP contribution < -0.4 is 5.32 Å². The van der Waals surface area contributed by atoms with Crippen molar-refractivity contribution in [3.05, 3.63) is 89.7 Å². The number of ether oxygens (including phenoxy) is 1. The molecule has 0 aliphatic rings. The van der Waals surface area contributed by atoms with E-state index in [1.807, 2.05) is 30.3 Å². The SMILES string of the molecule is CC(=O)c1ccc(F)c(-c2ccc(NC(=O)OCc3ccccc3)cc2)c1. The third kappa shape index (κ3) is 4.79. The number of amides is 1. The summed E-state index contributed by atoms with van der Waals surface area (Å²) in [5.74, 6) is -0.543. The van der Waals surface area contributed by atoms with Crippen molar-refractivity contribution in [1.82, 2.24) is 0 Å². The van der Waals surface area contributed by atoms with E-state index in [9.17, 15) is 14.0 Å². The first-order valence-electron chi connectivity index (χ1n) is 8.41. The van der Waals surface area contributed by atoms with E-state index >= 15 is 0 Å². The largest absolute Gasteiger partial charge is 0.444 e. The van der Waals surface area contributed by atoms with Gasteiger partial charge in [0.05, 0.1) is 0 Å². The van der Waals surface area contributed by atoms with Gasteiger partial charge in [-0.3, -0.25) is 10.1 Å². The Kier molecular flexibility index (Phi) is 5.61. The normalized spacial score (nSPS) is 10.3. The Bertz CT molecular complexity index is 953. The number of ketones is 1. The molecular weight excluding hydrogens is 345 g/mol. The van der Waals surface area contributed by atoms with Crippen LogP contribution in [0.4, 0.5) is 14.9 Å². The predicted molar refractivity (Wildman–Crippen MR) is 102 cm³/mol. The molecule has 0 saturated carbocycles. The number of nitrogens with one attached hydrogen (secondary N) is 1. The van der Waals surface area contributed by atoms with Crippen molar-refractivity contribution >= 4 is 17.6 Å². The standard InChI is InChI=1S/C22H18FNO3/c1-15(25)18-9-12-21(23)20(13-18)17-7-10-19(11-8-17)24-22(26)27-14-16-5-3-2-4-6-16/h2-13H,14H2,1H3,(H,24,26). The predicted octanol–water partition coefficient (Wildman–Crippen LogP) is 5.44. The molecule has 5 heteroatoms. The van der Waals surface area contributed by atoms with E-state index in [1.165, 1.54) is 25.1 Å². The Morgan fingerprint density at radius 2 is 1.67 bits per heavy atom. The second kappa shape index (κ2) is 8.27. The van der Waals surface area contributed by atoms with Crippen molar-refractivity contribution in [2.75, 3.05) is 5.32 Å². The molecule has 0 atom stereocenters. The van der Waals surface area contributed by atoms with E-state index in [0.29, 0.717) is 22.4 Å². The lowest BCUT2D eigenvalue weighted by atomic mass is 10.0. The molecule has 0 aliphatic carbocycles. The molecule has 0 saturated heterocycles. The lowest BCUT2D eigenvalue weighted by Gasteiger charge is -2.09. The van der Waals surface area contributed by atoms with Crippen molar-refractivity contribution < 1.29 is 18.7 Å². The Hall–Kier alpha value is -3.47. The van der Waals surface area contributed by atoms with Gasteiger partial charge in [0.2, 0.25) is 0 Å². The summed E-state index contributed by atoms with van der Waals surface area (Å²) >= 11 is 0. The van der Waals surface area contributed by atoms with Gasteiger partial charge >= 0.3 is 6.09 Å². The number of anilines is 1. The quantitative estimate of drug-likeness (QED) is 0.614. The number of Topliss-reactive ketones (excluding diaryl/α,β-unsaturated/α-hetero) is 1. The van der Waals surface area contributed by atoms with Gasteiger partial charge in [0, 0.05) is 16.8 Å². The fraction of sp³-hybridized carbons (Fsp3) is 0.0909. The highest BCUT2D eigenvalue weighted by Crippen LogP contribution is 2.25. The summed E-state index contributed by atoms with van der Waals surface area (Å²) in [4.78, 5) is 23.4. The monoisotopic (exact) mass is 363 g/mol. The first-order valence-corrected chi connectivity index (χ1v) is 8.41. The van der Waals surface area contributed by atoms with Crippen LogP contribution in [-0.4, -0.2) is 11.9 Å². The van der Waals surface area contributed by atoms with Gasteiger partial charge < -0.3 is 4.74 Å². The maximum atomic E-state index is 14.1. The molecule has 3 aromatic carbocycles. The molecule has 0 bridgehead atoms. The lowest BCUT2D eigenvalue weighted by molar-refractivity contribution is 0.101. The van der Waals surface area contributed by atoms with Crippen LogP contribution in [-0.2, 0) is 11.3 Å². The highest BCUT2D eigenvalue weighted by atomic mass is 19.1. The van der Waals surface area contributed by atoms with Gasteiger partial charge in [-0.05, 0) is 48.4 Å². The number of carbonyl (C=O) groups excluding carboxylic acids is 2. The molecule has 1 N–H and O–H groups in total. The molecule has 3 aromatic rings. The number of carbonyl (C=O) groups is 2. The third-order valence-corrected chi connectivity index (χ3v) is 4.03. The van der Waals surface area contributed by atoms with Crippen LogP contribution in [0.15, 0.2) is 72.8 Å². The highest BCUT2D eigenvalue weighted by Gasteiger charge is 2.10. The van der Waals surface area contributed by atoms with Crippen molar-refractivity contribution in [3.63, 3.8) is 0 Å². The van der Waals surface area contributed by atoms with E-state index in [2.05, 4.69) is 5.32 Å². The molecule has 0 aliphatic heterocycles. The summed E-state index contributed by atoms with van der Waals surface area (Å²) in [5.41, 5.74) is 2.81. The Labute approximate surface area is 156 Å². The maximum Gasteiger partial charge on any atom is 0.411 e. The van der Waals surface area contributed by atoms with E-state index < -0.39 is 11.9 Å². The second-order valence-corrected chi connectivity index (χ2v) is 6.01. The zero-order valence-electron chi connectivity index (χ0n) is 14.7. The molecule has 0 aromatic heterocycles. The number of halogens is 1. The molecule has 0 radical (unpaired) electrons. The van der Waals surface area contributed by atoms with Gasteiger partial charge in [0.15, 0.2) is 5.78 Å². The van der Waals surface area contributed by atoms with E-state index in [1.54, 1.807) is 24.3 Å². The molecule has 27 heavy (non-hydrogen) atoms. The number of hydrogen-bond acceptors (Lipinski definition) is 3. The van der Waals surface area contributed by atoms with E-state index in [4.69, 9.17) is 4.74 Å². The van der Waals surface area contributed by atoms with Crippen LogP contribution in [0.1, 0.15) is 22.8 Å². The lowest BCUT2D eigenvalue weighted by Crippen LogP contribution is -2.13. The zero-order chi connectivity index (χ0) is 19.2. The van der Waals surface area contributed by atoms with Crippen molar-refractivity contribution in [3.8, 4) is 11.1 Å². The first-order chi connectivity index (χ1) is 13.0. The Morgan fingerprint density at radius 1 is 0.963 bits per heavy atom. The molecule has 0 heterocycles. The highest BCUT2D eigenvalue weighted by molar-refractivity contribution is 5.95. The van der Waals surface area contributed by atoms with Crippen LogP contribution in [0.2, 0.25) is 0 Å². The summed E-state index contributed by atoms with van der Waals surface area (Å²) in [6.07, 6.45) is -0.573. The Morgan fingerprint density at radius 3 is 2.33 bits per heavy atom. The van der Waals surface area contributed by atoms with Gasteiger partial charge in [-0.1, -0.05) is 42.5 Å². The van der Waals surface area contributed by atoms with Crippen molar-refractivity contribution in [2.45, 2.75) is 13.5 Å². The maximum absolute atomic E-state index is 14.1. The molecule has 136 valence electrons. The van der Waals surface area contributed by atoms with E-state index in [0.717, 1.165) is 5.56 Å². The average molecular weight is 363 g/mol. The molecular formula is C22H18FNO3.